The Labute approximate surface area is 114 Å². The summed E-state index contributed by atoms with van der Waals surface area (Å²) >= 11 is 0. The van der Waals surface area contributed by atoms with Crippen LogP contribution in [0.3, 0.4) is 0 Å². The van der Waals surface area contributed by atoms with Crippen LogP contribution in [0.15, 0.2) is 24.3 Å². The van der Waals surface area contributed by atoms with Gasteiger partial charge in [0, 0.05) is 18.7 Å². The Hall–Kier alpha value is -1.55. The Bertz CT molecular complexity index is 433. The van der Waals surface area contributed by atoms with Crippen LogP contribution in [0, 0.1) is 5.92 Å². The minimum atomic E-state index is -0.0928. The van der Waals surface area contributed by atoms with Crippen molar-refractivity contribution in [1.82, 2.24) is 4.90 Å². The van der Waals surface area contributed by atoms with Crippen molar-refractivity contribution >= 4 is 5.97 Å². The van der Waals surface area contributed by atoms with Crippen molar-refractivity contribution in [3.8, 4) is 5.75 Å². The van der Waals surface area contributed by atoms with E-state index in [9.17, 15) is 4.79 Å². The molecule has 0 saturated carbocycles. The fourth-order valence-electron chi connectivity index (χ4n) is 2.63. The van der Waals surface area contributed by atoms with E-state index in [0.717, 1.165) is 43.8 Å². The molecule has 1 fully saturated rings. The summed E-state index contributed by atoms with van der Waals surface area (Å²) in [6.45, 7) is 2.60. The number of piperidine rings is 1. The van der Waals surface area contributed by atoms with Crippen molar-refractivity contribution in [2.24, 2.45) is 5.92 Å². The number of carbonyl (C=O) groups is 1. The quantitative estimate of drug-likeness (QED) is 0.780. The standard InChI is InChI=1S/C15H21NO3/c1-18-14-8-4-3-6-12(14)10-16-9-5-7-13(11-16)15(17)19-2/h3-4,6,8,13H,5,7,9-11H2,1-2H3/t13-/m0/s1. The predicted octanol–water partition coefficient (Wildman–Crippen LogP) is 2.08. The largest absolute Gasteiger partial charge is 0.496 e. The number of carbonyl (C=O) groups excluding carboxylic acids is 1. The zero-order valence-electron chi connectivity index (χ0n) is 11.6. The highest BCUT2D eigenvalue weighted by atomic mass is 16.5. The van der Waals surface area contributed by atoms with Crippen molar-refractivity contribution in [3.05, 3.63) is 29.8 Å². The number of ether oxygens (including phenoxy) is 2. The van der Waals surface area contributed by atoms with Gasteiger partial charge in [-0.05, 0) is 25.5 Å². The lowest BCUT2D eigenvalue weighted by atomic mass is 9.97. The van der Waals surface area contributed by atoms with Gasteiger partial charge in [0.2, 0.25) is 0 Å². The van der Waals surface area contributed by atoms with Gasteiger partial charge in [0.1, 0.15) is 5.75 Å². The summed E-state index contributed by atoms with van der Waals surface area (Å²) in [4.78, 5) is 13.9. The molecule has 1 aromatic rings. The minimum absolute atomic E-state index is 0.00783. The fourth-order valence-corrected chi connectivity index (χ4v) is 2.63. The first-order valence-electron chi connectivity index (χ1n) is 6.66. The number of hydrogen-bond donors (Lipinski definition) is 0. The first-order chi connectivity index (χ1) is 9.24. The molecule has 1 heterocycles. The molecule has 19 heavy (non-hydrogen) atoms. The number of nitrogens with zero attached hydrogens (tertiary/aromatic N) is 1. The van der Waals surface area contributed by atoms with Crippen LogP contribution in [-0.4, -0.2) is 38.2 Å². The van der Waals surface area contributed by atoms with Crippen LogP contribution < -0.4 is 4.74 Å². The van der Waals surface area contributed by atoms with Gasteiger partial charge in [-0.25, -0.2) is 0 Å². The number of rotatable bonds is 4. The van der Waals surface area contributed by atoms with Gasteiger partial charge in [0.05, 0.1) is 20.1 Å². The second-order valence-corrected chi connectivity index (χ2v) is 4.91. The highest BCUT2D eigenvalue weighted by molar-refractivity contribution is 5.72. The summed E-state index contributed by atoms with van der Waals surface area (Å²) in [6, 6.07) is 8.02. The van der Waals surface area contributed by atoms with E-state index in [1.165, 1.54) is 7.11 Å². The number of methoxy groups -OCH3 is 2. The summed E-state index contributed by atoms with van der Waals surface area (Å²) in [5.41, 5.74) is 1.16. The smallest absolute Gasteiger partial charge is 0.309 e. The van der Waals surface area contributed by atoms with Gasteiger partial charge in [0.15, 0.2) is 0 Å². The fraction of sp³-hybridized carbons (Fsp3) is 0.533. The summed E-state index contributed by atoms with van der Waals surface area (Å²) in [5.74, 6) is 0.820. The van der Waals surface area contributed by atoms with Crippen molar-refractivity contribution in [2.75, 3.05) is 27.3 Å². The molecule has 0 bridgehead atoms. The van der Waals surface area contributed by atoms with Crippen LogP contribution in [0.4, 0.5) is 0 Å². The monoisotopic (exact) mass is 263 g/mol. The highest BCUT2D eigenvalue weighted by Crippen LogP contribution is 2.23. The number of esters is 1. The number of hydrogen-bond acceptors (Lipinski definition) is 4. The van der Waals surface area contributed by atoms with Crippen molar-refractivity contribution < 1.29 is 14.3 Å². The third kappa shape index (κ3) is 3.47. The number of likely N-dealkylation sites (tertiary alicyclic amines) is 1. The summed E-state index contributed by atoms with van der Waals surface area (Å²) in [7, 11) is 3.15. The predicted molar refractivity (Wildman–Crippen MR) is 73.0 cm³/mol. The van der Waals surface area contributed by atoms with E-state index in [2.05, 4.69) is 11.0 Å². The Morgan fingerprint density at radius 1 is 1.37 bits per heavy atom. The average Bonchev–Trinajstić information content (AvgIpc) is 2.47. The Morgan fingerprint density at radius 3 is 2.89 bits per heavy atom. The molecular weight excluding hydrogens is 242 g/mol. The molecule has 0 spiro atoms. The number of para-hydroxylation sites is 1. The van der Waals surface area contributed by atoms with Gasteiger partial charge in [-0.1, -0.05) is 18.2 Å². The van der Waals surface area contributed by atoms with E-state index in [0.29, 0.717) is 0 Å². The van der Waals surface area contributed by atoms with Crippen LogP contribution in [-0.2, 0) is 16.1 Å². The summed E-state index contributed by atoms with van der Waals surface area (Å²) < 4.78 is 10.2. The van der Waals surface area contributed by atoms with E-state index in [1.54, 1.807) is 7.11 Å². The molecule has 1 aromatic carbocycles. The topological polar surface area (TPSA) is 38.8 Å². The van der Waals surface area contributed by atoms with E-state index in [1.807, 2.05) is 18.2 Å². The average molecular weight is 263 g/mol. The Balaban J connectivity index is 2.00. The molecule has 0 aromatic heterocycles. The third-order valence-corrected chi connectivity index (χ3v) is 3.63. The van der Waals surface area contributed by atoms with E-state index in [4.69, 9.17) is 9.47 Å². The van der Waals surface area contributed by atoms with Crippen molar-refractivity contribution in [3.63, 3.8) is 0 Å². The normalized spacial score (nSPS) is 20.0. The molecule has 1 saturated heterocycles. The van der Waals surface area contributed by atoms with Gasteiger partial charge in [-0.3, -0.25) is 9.69 Å². The SMILES string of the molecule is COC(=O)[C@H]1CCCN(Cc2ccccc2OC)C1. The van der Waals surface area contributed by atoms with Crippen molar-refractivity contribution in [1.29, 1.82) is 0 Å². The second kappa shape index (κ2) is 6.57. The van der Waals surface area contributed by atoms with Gasteiger partial charge >= 0.3 is 5.97 Å². The first kappa shape index (κ1) is 13.9. The second-order valence-electron chi connectivity index (χ2n) is 4.91. The molecule has 1 aliphatic rings. The summed E-state index contributed by atoms with van der Waals surface area (Å²) in [6.07, 6.45) is 1.96. The Kier molecular flexibility index (Phi) is 4.80. The molecule has 0 radical (unpaired) electrons. The lowest BCUT2D eigenvalue weighted by Gasteiger charge is -2.31. The molecule has 0 unspecified atom stereocenters. The molecule has 0 aliphatic carbocycles. The lowest BCUT2D eigenvalue weighted by Crippen LogP contribution is -2.38. The highest BCUT2D eigenvalue weighted by Gasteiger charge is 2.26. The molecule has 1 atom stereocenters. The van der Waals surface area contributed by atoms with E-state index < -0.39 is 0 Å². The summed E-state index contributed by atoms with van der Waals surface area (Å²) in [5, 5.41) is 0. The van der Waals surface area contributed by atoms with Gasteiger partial charge in [-0.15, -0.1) is 0 Å². The van der Waals surface area contributed by atoms with Gasteiger partial charge in [-0.2, -0.15) is 0 Å². The third-order valence-electron chi connectivity index (χ3n) is 3.63. The molecule has 0 N–H and O–H groups in total. The van der Waals surface area contributed by atoms with Crippen LogP contribution >= 0.6 is 0 Å². The van der Waals surface area contributed by atoms with E-state index in [-0.39, 0.29) is 11.9 Å². The molecule has 4 heteroatoms. The molecular formula is C15H21NO3. The van der Waals surface area contributed by atoms with Gasteiger partial charge in [0.25, 0.3) is 0 Å². The van der Waals surface area contributed by atoms with Crippen LogP contribution in [0.2, 0.25) is 0 Å². The Morgan fingerprint density at radius 2 is 2.16 bits per heavy atom. The maximum Gasteiger partial charge on any atom is 0.309 e. The molecule has 0 amide bonds. The van der Waals surface area contributed by atoms with Crippen LogP contribution in [0.25, 0.3) is 0 Å². The van der Waals surface area contributed by atoms with E-state index >= 15 is 0 Å². The zero-order chi connectivity index (χ0) is 13.7. The molecule has 1 aliphatic heterocycles. The lowest BCUT2D eigenvalue weighted by molar-refractivity contribution is -0.147. The molecule has 4 nitrogen and oxygen atoms in total. The van der Waals surface area contributed by atoms with Gasteiger partial charge < -0.3 is 9.47 Å². The zero-order valence-corrected chi connectivity index (χ0v) is 11.6. The molecule has 2 rings (SSSR count). The molecule has 104 valence electrons. The minimum Gasteiger partial charge on any atom is -0.496 e. The van der Waals surface area contributed by atoms with Crippen LogP contribution in [0.5, 0.6) is 5.75 Å². The first-order valence-corrected chi connectivity index (χ1v) is 6.66. The van der Waals surface area contributed by atoms with Crippen molar-refractivity contribution in [2.45, 2.75) is 19.4 Å². The maximum atomic E-state index is 11.6. The number of benzene rings is 1. The van der Waals surface area contributed by atoms with Crippen LogP contribution in [0.1, 0.15) is 18.4 Å². The maximum absolute atomic E-state index is 11.6.